The molecule has 0 spiro atoms. The molecule has 6 nitrogen and oxygen atoms in total. The van der Waals surface area contributed by atoms with E-state index in [1.54, 1.807) is 30.3 Å². The molecule has 1 fully saturated rings. The number of aliphatic hydroxyl groups is 4. The van der Waals surface area contributed by atoms with Crippen LogP contribution in [-0.4, -0.2) is 57.2 Å². The van der Waals surface area contributed by atoms with Gasteiger partial charge < -0.3 is 30.9 Å². The highest BCUT2D eigenvalue weighted by Gasteiger charge is 2.51. The van der Waals surface area contributed by atoms with E-state index in [2.05, 4.69) is 0 Å². The topological polar surface area (TPSA) is 116 Å². The van der Waals surface area contributed by atoms with E-state index in [-0.39, 0.29) is 0 Å². The zero-order chi connectivity index (χ0) is 14.9. The lowest BCUT2D eigenvalue weighted by molar-refractivity contribution is -0.313. The van der Waals surface area contributed by atoms with Gasteiger partial charge in [0.1, 0.15) is 18.3 Å². The summed E-state index contributed by atoms with van der Waals surface area (Å²) in [6, 6.07) is 7.03. The molecule has 6 N–H and O–H groups in total. The number of hydrogen-bond donors (Lipinski definition) is 5. The van der Waals surface area contributed by atoms with Crippen LogP contribution in [0.1, 0.15) is 6.93 Å². The first-order chi connectivity index (χ1) is 9.41. The molecule has 0 radical (unpaired) electrons. The Hall–Kier alpha value is -1.02. The molecule has 2 unspecified atom stereocenters. The highest BCUT2D eigenvalue weighted by Crippen LogP contribution is 2.29. The summed E-state index contributed by atoms with van der Waals surface area (Å²) >= 11 is 0. The van der Waals surface area contributed by atoms with Gasteiger partial charge in [-0.15, -0.1) is 0 Å². The molecule has 1 aromatic rings. The molecule has 19 heavy (non-hydrogen) atoms. The van der Waals surface area contributed by atoms with Crippen LogP contribution in [0.5, 0.6) is 0 Å². The number of hydrogen-bond acceptors (Lipinski definition) is 6. The number of benzene rings is 1. The fraction of sp³-hybridized carbons (Fsp3) is 0.538. The van der Waals surface area contributed by atoms with Gasteiger partial charge in [0.05, 0.1) is 12.6 Å². The Morgan fingerprint density at radius 2 is 1.89 bits per heavy atom. The minimum atomic E-state index is -2.20. The van der Waals surface area contributed by atoms with Crippen LogP contribution in [0, 0.1) is 0 Å². The summed E-state index contributed by atoms with van der Waals surface area (Å²) in [5, 5.41) is 39.3. The van der Waals surface area contributed by atoms with Crippen molar-refractivity contribution in [1.29, 1.82) is 0 Å². The average Bonchev–Trinajstić information content (AvgIpc) is 2.49. The molecule has 1 heterocycles. The van der Waals surface area contributed by atoms with Gasteiger partial charge in [0, 0.05) is 7.77 Å². The smallest absolute Gasteiger partial charge is 0.188 e. The quantitative estimate of drug-likeness (QED) is 0.450. The van der Waals surface area contributed by atoms with Crippen LogP contribution in [0.25, 0.3) is 0 Å². The van der Waals surface area contributed by atoms with Crippen molar-refractivity contribution in [3.05, 3.63) is 35.9 Å². The molecule has 0 bridgehead atoms. The Labute approximate surface area is 112 Å². The van der Waals surface area contributed by atoms with E-state index < -0.39 is 43.1 Å². The van der Waals surface area contributed by atoms with Gasteiger partial charge in [0.25, 0.3) is 0 Å². The number of rotatable bonds is 3. The highest BCUT2D eigenvalue weighted by atomic mass is 16.6. The van der Waals surface area contributed by atoms with E-state index in [9.17, 15) is 15.3 Å². The maximum Gasteiger partial charge on any atom is 0.188 e. The van der Waals surface area contributed by atoms with Gasteiger partial charge >= 0.3 is 0 Å². The van der Waals surface area contributed by atoms with Gasteiger partial charge in [-0.3, -0.25) is 0 Å². The molecular weight excluding hydrogens is 250 g/mol. The van der Waals surface area contributed by atoms with Gasteiger partial charge in [-0.2, -0.15) is 0 Å². The molecule has 6 atom stereocenters. The van der Waals surface area contributed by atoms with E-state index in [4.69, 9.17) is 16.9 Å². The van der Waals surface area contributed by atoms with Crippen LogP contribution >= 0.6 is 0 Å². The zero-order valence-electron chi connectivity index (χ0n) is 11.3. The van der Waals surface area contributed by atoms with Crippen molar-refractivity contribution in [2.45, 2.75) is 36.5 Å². The predicted octanol–water partition coefficient (Wildman–Crippen LogP) is -1.64. The van der Waals surface area contributed by atoms with E-state index in [1.807, 2.05) is 0 Å². The van der Waals surface area contributed by atoms with Gasteiger partial charge in [0.2, 0.25) is 0 Å². The molecular formula is C13H19NO5. The maximum atomic E-state index is 10.5. The van der Waals surface area contributed by atoms with Crippen LogP contribution in [0.3, 0.4) is 0 Å². The van der Waals surface area contributed by atoms with Gasteiger partial charge in [-0.05, 0) is 5.56 Å². The van der Waals surface area contributed by atoms with Crippen LogP contribution in [-0.2, 0) is 11.1 Å². The first-order valence-electron chi connectivity index (χ1n) is 6.59. The summed E-state index contributed by atoms with van der Waals surface area (Å²) in [5.74, 6) is -2.20. The molecule has 1 aliphatic heterocycles. The van der Waals surface area contributed by atoms with Crippen molar-refractivity contribution in [3.63, 3.8) is 0 Å². The molecule has 0 amide bonds. The Morgan fingerprint density at radius 3 is 2.47 bits per heavy atom. The third-order valence-electron chi connectivity index (χ3n) is 3.27. The monoisotopic (exact) mass is 270 g/mol. The van der Waals surface area contributed by atoms with Crippen molar-refractivity contribution in [2.75, 3.05) is 6.61 Å². The second kappa shape index (κ2) is 5.54. The van der Waals surface area contributed by atoms with Crippen molar-refractivity contribution in [3.8, 4) is 0 Å². The van der Waals surface area contributed by atoms with Crippen molar-refractivity contribution in [2.24, 2.45) is 5.73 Å². The average molecular weight is 270 g/mol. The van der Waals surface area contributed by atoms with Crippen molar-refractivity contribution >= 4 is 0 Å². The van der Waals surface area contributed by atoms with E-state index in [1.165, 1.54) is 0 Å². The first-order valence-corrected chi connectivity index (χ1v) is 6.01. The Kier molecular flexibility index (Phi) is 3.79. The Morgan fingerprint density at radius 1 is 1.26 bits per heavy atom. The summed E-state index contributed by atoms with van der Waals surface area (Å²) in [7, 11) is 0. The Balaban J connectivity index is 2.32. The lowest BCUT2D eigenvalue weighted by Gasteiger charge is -2.46. The van der Waals surface area contributed by atoms with Gasteiger partial charge in [-0.1, -0.05) is 30.3 Å². The third kappa shape index (κ3) is 2.79. The standard InChI is InChI=1S/C13H19NO5/c14-12-11(17)10(16)9(7-15)19-13(12,18)6-8-4-2-1-3-5-8/h1-5,9-12,15-18H,6-7,14H2/t9-,10-,11+,12-,13?/m1/s1/i6D/t6?,9-,10-,11+,12-,13?. The fourth-order valence-corrected chi connectivity index (χ4v) is 2.13. The maximum absolute atomic E-state index is 10.5. The van der Waals surface area contributed by atoms with Crippen LogP contribution in [0.2, 0.25) is 0 Å². The third-order valence-corrected chi connectivity index (χ3v) is 3.27. The lowest BCUT2D eigenvalue weighted by atomic mass is 9.87. The molecule has 1 aliphatic rings. The van der Waals surface area contributed by atoms with E-state index in [0.717, 1.165) is 0 Å². The molecule has 106 valence electrons. The molecule has 1 saturated heterocycles. The van der Waals surface area contributed by atoms with Crippen LogP contribution in [0.4, 0.5) is 0 Å². The predicted molar refractivity (Wildman–Crippen MR) is 67.0 cm³/mol. The molecule has 0 saturated carbocycles. The van der Waals surface area contributed by atoms with Crippen LogP contribution in [0.15, 0.2) is 30.3 Å². The van der Waals surface area contributed by atoms with Gasteiger partial charge in [-0.25, -0.2) is 0 Å². The summed E-state index contributed by atoms with van der Waals surface area (Å²) < 4.78 is 13.3. The molecule has 2 rings (SSSR count). The SMILES string of the molecule is [2H]C(c1ccccc1)C1(O)O[C@H](CO)[C@@H](O)[C@H](O)[C@H]1N. The van der Waals surface area contributed by atoms with Crippen LogP contribution < -0.4 is 5.73 Å². The fourth-order valence-electron chi connectivity index (χ4n) is 2.13. The summed E-state index contributed by atoms with van der Waals surface area (Å²) in [6.07, 6.45) is -5.40. The van der Waals surface area contributed by atoms with E-state index >= 15 is 0 Å². The first kappa shape index (κ1) is 13.0. The molecule has 0 aliphatic carbocycles. The highest BCUT2D eigenvalue weighted by molar-refractivity contribution is 5.18. The molecule has 6 heteroatoms. The zero-order valence-corrected chi connectivity index (χ0v) is 10.3. The summed E-state index contributed by atoms with van der Waals surface area (Å²) in [5.41, 5.74) is 6.17. The second-order valence-electron chi connectivity index (χ2n) is 4.65. The largest absolute Gasteiger partial charge is 0.394 e. The number of nitrogens with two attached hydrogens (primary N) is 1. The van der Waals surface area contributed by atoms with Gasteiger partial charge in [0.15, 0.2) is 5.79 Å². The minimum Gasteiger partial charge on any atom is -0.394 e. The Bertz CT molecular complexity index is 446. The minimum absolute atomic E-state index is 0.450. The van der Waals surface area contributed by atoms with Crippen molar-refractivity contribution in [1.82, 2.24) is 0 Å². The normalized spacial score (nSPS) is 41.6. The van der Waals surface area contributed by atoms with E-state index in [0.29, 0.717) is 5.56 Å². The molecule has 1 aromatic carbocycles. The second-order valence-corrected chi connectivity index (χ2v) is 4.65. The van der Waals surface area contributed by atoms with Crippen molar-refractivity contribution < 1.29 is 26.5 Å². The summed E-state index contributed by atoms with van der Waals surface area (Å²) in [4.78, 5) is 0. The molecule has 0 aromatic heterocycles. The number of aliphatic hydroxyl groups excluding tert-OH is 3. The summed E-state index contributed by atoms with van der Waals surface area (Å²) in [6.45, 7) is -0.602. The number of ether oxygens (including phenoxy) is 1. The lowest BCUT2D eigenvalue weighted by Crippen LogP contribution is -2.69.